The third-order valence-corrected chi connectivity index (χ3v) is 6.42. The molecule has 0 aliphatic heterocycles. The molecule has 1 atom stereocenters. The van der Waals surface area contributed by atoms with Crippen molar-refractivity contribution >= 4 is 39.1 Å². The van der Waals surface area contributed by atoms with E-state index in [4.69, 9.17) is 11.6 Å². The molecule has 174 valence electrons. The molecule has 0 heterocycles. The summed E-state index contributed by atoms with van der Waals surface area (Å²) in [5.41, 5.74) is 2.89. The summed E-state index contributed by atoms with van der Waals surface area (Å²) in [6, 6.07) is 11.5. The molecule has 2 rings (SSSR count). The second kappa shape index (κ2) is 10.8. The fourth-order valence-electron chi connectivity index (χ4n) is 3.42. The van der Waals surface area contributed by atoms with Crippen LogP contribution < -0.4 is 9.62 Å². The van der Waals surface area contributed by atoms with Gasteiger partial charge in [-0.3, -0.25) is 13.9 Å². The van der Waals surface area contributed by atoms with Crippen molar-refractivity contribution in [2.75, 3.05) is 23.7 Å². The van der Waals surface area contributed by atoms with Crippen LogP contribution in [0, 0.1) is 13.8 Å². The number of carbonyl (C=O) groups excluding carboxylic acids is 2. The molecule has 0 aromatic heterocycles. The van der Waals surface area contributed by atoms with Crippen molar-refractivity contribution in [3.05, 3.63) is 64.2 Å². The fraction of sp³-hybridized carbons (Fsp3) is 0.391. The molecule has 9 heteroatoms. The Morgan fingerprint density at radius 1 is 1.12 bits per heavy atom. The molecule has 0 saturated heterocycles. The van der Waals surface area contributed by atoms with Gasteiger partial charge in [-0.2, -0.15) is 0 Å². The summed E-state index contributed by atoms with van der Waals surface area (Å²) >= 11 is 6.08. The number of likely N-dealkylation sites (N-methyl/N-ethyl adjacent to an activating group) is 1. The molecule has 32 heavy (non-hydrogen) atoms. The Kier molecular flexibility index (Phi) is 8.69. The van der Waals surface area contributed by atoms with Crippen LogP contribution in [0.3, 0.4) is 0 Å². The Bertz CT molecular complexity index is 1090. The Morgan fingerprint density at radius 3 is 2.38 bits per heavy atom. The van der Waals surface area contributed by atoms with Crippen LogP contribution in [0.4, 0.5) is 5.69 Å². The number of nitrogens with zero attached hydrogens (tertiary/aromatic N) is 2. The zero-order valence-corrected chi connectivity index (χ0v) is 20.6. The standard InChI is InChI=1S/C23H30ClN3O4S/c1-6-25-23(29)18(4)26(14-19-8-7-9-20(24)13-19)22(28)15-27(32(5,30)31)21-11-10-16(2)12-17(21)3/h7-13,18H,6,14-15H2,1-5H3,(H,25,29). The van der Waals surface area contributed by atoms with Gasteiger partial charge in [0.25, 0.3) is 0 Å². The van der Waals surface area contributed by atoms with E-state index in [9.17, 15) is 18.0 Å². The van der Waals surface area contributed by atoms with Crippen molar-refractivity contribution in [3.8, 4) is 0 Å². The molecular weight excluding hydrogens is 450 g/mol. The van der Waals surface area contributed by atoms with Gasteiger partial charge in [0.1, 0.15) is 12.6 Å². The smallest absolute Gasteiger partial charge is 0.244 e. The monoisotopic (exact) mass is 479 g/mol. The maximum Gasteiger partial charge on any atom is 0.244 e. The molecule has 2 amide bonds. The molecular formula is C23H30ClN3O4S. The molecule has 0 fully saturated rings. The normalized spacial score (nSPS) is 12.2. The average Bonchev–Trinajstić information content (AvgIpc) is 2.69. The van der Waals surface area contributed by atoms with Crippen LogP contribution in [0.1, 0.15) is 30.5 Å². The third kappa shape index (κ3) is 6.71. The molecule has 1 unspecified atom stereocenters. The number of amides is 2. The fourth-order valence-corrected chi connectivity index (χ4v) is 4.54. The van der Waals surface area contributed by atoms with E-state index in [0.717, 1.165) is 27.3 Å². The molecule has 7 nitrogen and oxygen atoms in total. The summed E-state index contributed by atoms with van der Waals surface area (Å²) in [6.07, 6.45) is 1.06. The highest BCUT2D eigenvalue weighted by Crippen LogP contribution is 2.24. The van der Waals surface area contributed by atoms with Crippen LogP contribution in [0.15, 0.2) is 42.5 Å². The first-order valence-corrected chi connectivity index (χ1v) is 12.5. The number of anilines is 1. The van der Waals surface area contributed by atoms with Gasteiger partial charge < -0.3 is 10.2 Å². The van der Waals surface area contributed by atoms with E-state index in [1.807, 2.05) is 13.0 Å². The first-order chi connectivity index (χ1) is 14.9. The van der Waals surface area contributed by atoms with Gasteiger partial charge in [-0.15, -0.1) is 0 Å². The summed E-state index contributed by atoms with van der Waals surface area (Å²) in [5, 5.41) is 3.23. The molecule has 0 aliphatic rings. The number of hydrogen-bond donors (Lipinski definition) is 1. The van der Waals surface area contributed by atoms with Gasteiger partial charge in [-0.05, 0) is 57.0 Å². The van der Waals surface area contributed by atoms with Gasteiger partial charge in [0.2, 0.25) is 21.8 Å². The van der Waals surface area contributed by atoms with Gasteiger partial charge in [0, 0.05) is 18.1 Å². The van der Waals surface area contributed by atoms with E-state index in [1.165, 1.54) is 4.90 Å². The van der Waals surface area contributed by atoms with E-state index < -0.39 is 28.5 Å². The maximum atomic E-state index is 13.4. The van der Waals surface area contributed by atoms with Crippen LogP contribution in [-0.4, -0.2) is 50.5 Å². The summed E-state index contributed by atoms with van der Waals surface area (Å²) in [6.45, 7) is 7.23. The van der Waals surface area contributed by atoms with Gasteiger partial charge in [-0.1, -0.05) is 41.4 Å². The van der Waals surface area contributed by atoms with Crippen LogP contribution in [0.25, 0.3) is 0 Å². The summed E-state index contributed by atoms with van der Waals surface area (Å²) in [4.78, 5) is 27.3. The maximum absolute atomic E-state index is 13.4. The Balaban J connectivity index is 2.42. The lowest BCUT2D eigenvalue weighted by molar-refractivity contribution is -0.139. The van der Waals surface area contributed by atoms with E-state index in [2.05, 4.69) is 5.32 Å². The van der Waals surface area contributed by atoms with Crippen LogP contribution in [0.5, 0.6) is 0 Å². The van der Waals surface area contributed by atoms with Crippen molar-refractivity contribution in [2.45, 2.75) is 40.3 Å². The molecule has 0 saturated carbocycles. The van der Waals surface area contributed by atoms with Crippen molar-refractivity contribution in [3.63, 3.8) is 0 Å². The Morgan fingerprint density at radius 2 is 1.81 bits per heavy atom. The lowest BCUT2D eigenvalue weighted by Gasteiger charge is -2.32. The summed E-state index contributed by atoms with van der Waals surface area (Å²) in [5.74, 6) is -0.811. The van der Waals surface area contributed by atoms with E-state index in [1.54, 1.807) is 57.2 Å². The van der Waals surface area contributed by atoms with Gasteiger partial charge in [-0.25, -0.2) is 8.42 Å². The molecule has 2 aromatic carbocycles. The summed E-state index contributed by atoms with van der Waals surface area (Å²) < 4.78 is 26.3. The lowest BCUT2D eigenvalue weighted by atomic mass is 10.1. The number of nitrogens with one attached hydrogen (secondary N) is 1. The number of hydrogen-bond acceptors (Lipinski definition) is 4. The SMILES string of the molecule is CCNC(=O)C(C)N(Cc1cccc(Cl)c1)C(=O)CN(c1ccc(C)cc1C)S(C)(=O)=O. The largest absolute Gasteiger partial charge is 0.355 e. The zero-order chi connectivity index (χ0) is 24.1. The quantitative estimate of drug-likeness (QED) is 0.598. The van der Waals surface area contributed by atoms with E-state index in [-0.39, 0.29) is 12.5 Å². The van der Waals surface area contributed by atoms with E-state index in [0.29, 0.717) is 17.3 Å². The van der Waals surface area contributed by atoms with Crippen LogP contribution >= 0.6 is 11.6 Å². The molecule has 1 N–H and O–H groups in total. The molecule has 0 spiro atoms. The first kappa shape index (κ1) is 25.7. The highest BCUT2D eigenvalue weighted by atomic mass is 35.5. The zero-order valence-electron chi connectivity index (χ0n) is 19.1. The minimum absolute atomic E-state index is 0.113. The number of halogens is 1. The number of sulfonamides is 1. The number of rotatable bonds is 9. The van der Waals surface area contributed by atoms with Crippen LogP contribution in [0.2, 0.25) is 5.02 Å². The minimum Gasteiger partial charge on any atom is -0.355 e. The van der Waals surface area contributed by atoms with Crippen molar-refractivity contribution in [1.82, 2.24) is 10.2 Å². The molecule has 0 bridgehead atoms. The Labute approximate surface area is 195 Å². The highest BCUT2D eigenvalue weighted by Gasteiger charge is 2.30. The number of aryl methyl sites for hydroxylation is 2. The Hall–Kier alpha value is -2.58. The second-order valence-corrected chi connectivity index (χ2v) is 10.1. The highest BCUT2D eigenvalue weighted by molar-refractivity contribution is 7.92. The average molecular weight is 480 g/mol. The molecule has 0 aliphatic carbocycles. The molecule has 0 radical (unpaired) electrons. The van der Waals surface area contributed by atoms with Crippen molar-refractivity contribution in [1.29, 1.82) is 0 Å². The topological polar surface area (TPSA) is 86.8 Å². The lowest BCUT2D eigenvalue weighted by Crippen LogP contribution is -2.51. The third-order valence-electron chi connectivity index (χ3n) is 5.06. The van der Waals surface area contributed by atoms with Crippen LogP contribution in [-0.2, 0) is 26.2 Å². The first-order valence-electron chi connectivity index (χ1n) is 10.3. The second-order valence-electron chi connectivity index (χ2n) is 7.78. The van der Waals surface area contributed by atoms with Gasteiger partial charge in [0.05, 0.1) is 11.9 Å². The van der Waals surface area contributed by atoms with Gasteiger partial charge >= 0.3 is 0 Å². The predicted molar refractivity (Wildman–Crippen MR) is 128 cm³/mol. The minimum atomic E-state index is -3.75. The van der Waals surface area contributed by atoms with Crippen molar-refractivity contribution in [2.24, 2.45) is 0 Å². The summed E-state index contributed by atoms with van der Waals surface area (Å²) in [7, 11) is -3.75. The van der Waals surface area contributed by atoms with Gasteiger partial charge in [0.15, 0.2) is 0 Å². The number of benzene rings is 2. The number of carbonyl (C=O) groups is 2. The molecule has 2 aromatic rings. The predicted octanol–water partition coefficient (Wildman–Crippen LogP) is 3.28. The van der Waals surface area contributed by atoms with E-state index >= 15 is 0 Å². The van der Waals surface area contributed by atoms with Crippen molar-refractivity contribution < 1.29 is 18.0 Å².